The molecule has 0 aromatic rings. The van der Waals surface area contributed by atoms with Crippen LogP contribution in [0.25, 0.3) is 0 Å². The topological polar surface area (TPSA) is 35.9 Å². The van der Waals surface area contributed by atoms with E-state index in [0.29, 0.717) is 19.1 Å². The minimum absolute atomic E-state index is 0.0437. The number of ether oxygens (including phenoxy) is 1. The van der Waals surface area contributed by atoms with E-state index >= 15 is 0 Å². The predicted molar refractivity (Wildman–Crippen MR) is 70.5 cm³/mol. The van der Waals surface area contributed by atoms with Crippen LogP contribution in [0.5, 0.6) is 0 Å². The van der Waals surface area contributed by atoms with Crippen LogP contribution in [0.3, 0.4) is 0 Å². The van der Waals surface area contributed by atoms with Crippen molar-refractivity contribution in [1.82, 2.24) is 9.80 Å². The van der Waals surface area contributed by atoms with E-state index in [4.69, 9.17) is 9.84 Å². The van der Waals surface area contributed by atoms with Crippen LogP contribution < -0.4 is 0 Å². The second kappa shape index (κ2) is 8.79. The normalized spacial score (nSPS) is 21.8. The summed E-state index contributed by atoms with van der Waals surface area (Å²) in [6.07, 6.45) is -2.42. The van der Waals surface area contributed by atoms with Crippen molar-refractivity contribution in [3.8, 4) is 0 Å². The molecule has 1 saturated heterocycles. The third-order valence-electron chi connectivity index (χ3n) is 3.12. The average Bonchev–Trinajstić information content (AvgIpc) is 2.27. The lowest BCUT2D eigenvalue weighted by atomic mass is 10.1. The molecule has 0 spiro atoms. The number of aliphatic hydroxyl groups excluding tert-OH is 1. The molecule has 0 aromatic heterocycles. The molecule has 19 heavy (non-hydrogen) atoms. The first kappa shape index (κ1) is 16.8. The summed E-state index contributed by atoms with van der Waals surface area (Å²) in [6.45, 7) is 8.01. The minimum Gasteiger partial charge on any atom is -0.395 e. The molecule has 1 heterocycles. The average molecular weight is 280 g/mol. The van der Waals surface area contributed by atoms with Gasteiger partial charge in [0.2, 0.25) is 0 Å². The quantitative estimate of drug-likeness (QED) is 0.717. The van der Waals surface area contributed by atoms with Gasteiger partial charge in [-0.05, 0) is 5.92 Å². The predicted octanol–water partition coefficient (Wildman–Crippen LogP) is 0.903. The molecule has 1 aliphatic rings. The maximum Gasteiger partial charge on any atom is 0.251 e. The van der Waals surface area contributed by atoms with Gasteiger partial charge in [0.25, 0.3) is 6.43 Å². The third-order valence-corrected chi connectivity index (χ3v) is 3.12. The molecule has 4 nitrogen and oxygen atoms in total. The van der Waals surface area contributed by atoms with Crippen molar-refractivity contribution in [3.63, 3.8) is 0 Å². The molecular formula is C13H26F2N2O2. The molecule has 0 amide bonds. The smallest absolute Gasteiger partial charge is 0.251 e. The zero-order valence-corrected chi connectivity index (χ0v) is 11.9. The number of halogens is 2. The molecule has 0 radical (unpaired) electrons. The summed E-state index contributed by atoms with van der Waals surface area (Å²) in [5, 5.41) is 8.91. The van der Waals surface area contributed by atoms with Crippen molar-refractivity contribution in [3.05, 3.63) is 0 Å². The van der Waals surface area contributed by atoms with Gasteiger partial charge in [0.15, 0.2) is 0 Å². The Morgan fingerprint density at radius 3 is 2.74 bits per heavy atom. The molecule has 0 aliphatic carbocycles. The third kappa shape index (κ3) is 7.15. The maximum atomic E-state index is 12.4. The van der Waals surface area contributed by atoms with Crippen LogP contribution in [0.4, 0.5) is 8.78 Å². The molecule has 0 bridgehead atoms. The number of morpholine rings is 1. The molecule has 1 atom stereocenters. The second-order valence-electron chi connectivity index (χ2n) is 5.52. The number of hydrogen-bond acceptors (Lipinski definition) is 4. The first-order valence-electron chi connectivity index (χ1n) is 6.96. The van der Waals surface area contributed by atoms with E-state index in [0.717, 1.165) is 19.6 Å². The van der Waals surface area contributed by atoms with Gasteiger partial charge in [-0.1, -0.05) is 13.8 Å². The molecule has 1 aliphatic heterocycles. The standard InChI is InChI=1S/C13H26F2N2O2/c1-11(2)7-17-4-6-19-12(9-17)8-16(3-5-18)10-13(14)15/h11-13,18H,3-10H2,1-2H3. The summed E-state index contributed by atoms with van der Waals surface area (Å²) in [5.41, 5.74) is 0. The van der Waals surface area contributed by atoms with Gasteiger partial charge < -0.3 is 9.84 Å². The van der Waals surface area contributed by atoms with Gasteiger partial charge in [-0.2, -0.15) is 0 Å². The molecule has 1 N–H and O–H groups in total. The Balaban J connectivity index is 2.39. The molecule has 0 saturated carbocycles. The largest absolute Gasteiger partial charge is 0.395 e. The zero-order chi connectivity index (χ0) is 14.3. The molecule has 114 valence electrons. The summed E-state index contributed by atoms with van der Waals surface area (Å²) in [4.78, 5) is 3.90. The second-order valence-corrected chi connectivity index (χ2v) is 5.52. The van der Waals surface area contributed by atoms with E-state index in [-0.39, 0.29) is 25.8 Å². The van der Waals surface area contributed by atoms with Gasteiger partial charge in [0, 0.05) is 32.7 Å². The molecule has 1 rings (SSSR count). The fourth-order valence-electron chi connectivity index (χ4n) is 2.45. The van der Waals surface area contributed by atoms with E-state index in [1.54, 1.807) is 4.90 Å². The minimum atomic E-state index is -2.37. The highest BCUT2D eigenvalue weighted by Crippen LogP contribution is 2.10. The van der Waals surface area contributed by atoms with Crippen LogP contribution in [-0.4, -0.2) is 79.9 Å². The maximum absolute atomic E-state index is 12.4. The SMILES string of the molecule is CC(C)CN1CCOC(CN(CCO)CC(F)F)C1. The van der Waals surface area contributed by atoms with Crippen LogP contribution in [0, 0.1) is 5.92 Å². The Labute approximate surface area is 114 Å². The van der Waals surface area contributed by atoms with Crippen LogP contribution >= 0.6 is 0 Å². The highest BCUT2D eigenvalue weighted by molar-refractivity contribution is 4.76. The Bertz CT molecular complexity index is 243. The number of nitrogens with zero attached hydrogens (tertiary/aromatic N) is 2. The van der Waals surface area contributed by atoms with Crippen LogP contribution in [0.1, 0.15) is 13.8 Å². The van der Waals surface area contributed by atoms with E-state index in [1.807, 2.05) is 0 Å². The van der Waals surface area contributed by atoms with Crippen molar-refractivity contribution in [2.75, 3.05) is 52.5 Å². The summed E-state index contributed by atoms with van der Waals surface area (Å²) in [7, 11) is 0. The molecule has 6 heteroatoms. The monoisotopic (exact) mass is 280 g/mol. The van der Waals surface area contributed by atoms with E-state index < -0.39 is 6.43 Å². The van der Waals surface area contributed by atoms with Crippen molar-refractivity contribution >= 4 is 0 Å². The van der Waals surface area contributed by atoms with Gasteiger partial charge >= 0.3 is 0 Å². The number of alkyl halides is 2. The van der Waals surface area contributed by atoms with Gasteiger partial charge in [-0.25, -0.2) is 8.78 Å². The number of aliphatic hydroxyl groups is 1. The lowest BCUT2D eigenvalue weighted by molar-refractivity contribution is -0.0529. The van der Waals surface area contributed by atoms with Crippen molar-refractivity contribution < 1.29 is 18.6 Å². The Kier molecular flexibility index (Phi) is 7.75. The number of rotatable bonds is 8. The summed E-state index contributed by atoms with van der Waals surface area (Å²) in [6, 6.07) is 0. The van der Waals surface area contributed by atoms with Gasteiger partial charge in [-0.3, -0.25) is 9.80 Å². The Morgan fingerprint density at radius 2 is 2.16 bits per heavy atom. The highest BCUT2D eigenvalue weighted by Gasteiger charge is 2.24. The summed E-state index contributed by atoms with van der Waals surface area (Å²) < 4.78 is 30.5. The van der Waals surface area contributed by atoms with E-state index in [1.165, 1.54) is 0 Å². The van der Waals surface area contributed by atoms with Crippen LogP contribution in [-0.2, 0) is 4.74 Å². The van der Waals surface area contributed by atoms with E-state index in [9.17, 15) is 8.78 Å². The number of hydrogen-bond donors (Lipinski definition) is 1. The summed E-state index contributed by atoms with van der Waals surface area (Å²) in [5.74, 6) is 0.591. The van der Waals surface area contributed by atoms with Crippen LogP contribution in [0.2, 0.25) is 0 Å². The van der Waals surface area contributed by atoms with Crippen molar-refractivity contribution in [2.45, 2.75) is 26.4 Å². The first-order valence-corrected chi connectivity index (χ1v) is 6.96. The zero-order valence-electron chi connectivity index (χ0n) is 11.9. The summed E-state index contributed by atoms with van der Waals surface area (Å²) >= 11 is 0. The fourth-order valence-corrected chi connectivity index (χ4v) is 2.45. The van der Waals surface area contributed by atoms with E-state index in [2.05, 4.69) is 18.7 Å². The van der Waals surface area contributed by atoms with Gasteiger partial charge in [-0.15, -0.1) is 0 Å². The van der Waals surface area contributed by atoms with Crippen LogP contribution in [0.15, 0.2) is 0 Å². The molecule has 1 unspecified atom stereocenters. The lowest BCUT2D eigenvalue weighted by Crippen LogP contribution is -2.49. The fraction of sp³-hybridized carbons (Fsp3) is 1.00. The first-order chi connectivity index (χ1) is 9.01. The van der Waals surface area contributed by atoms with Gasteiger partial charge in [0.05, 0.1) is 25.9 Å². The Morgan fingerprint density at radius 1 is 1.42 bits per heavy atom. The lowest BCUT2D eigenvalue weighted by Gasteiger charge is -2.36. The van der Waals surface area contributed by atoms with Gasteiger partial charge in [0.1, 0.15) is 0 Å². The van der Waals surface area contributed by atoms with Crippen molar-refractivity contribution in [1.29, 1.82) is 0 Å². The Hall–Kier alpha value is -0.300. The molecule has 0 aromatic carbocycles. The highest BCUT2D eigenvalue weighted by atomic mass is 19.3. The van der Waals surface area contributed by atoms with Crippen molar-refractivity contribution in [2.24, 2.45) is 5.92 Å². The molecule has 1 fully saturated rings. The molecular weight excluding hydrogens is 254 g/mol.